The monoisotopic (exact) mass is 253 g/mol. The molecule has 102 valence electrons. The predicted molar refractivity (Wildman–Crippen MR) is 69.1 cm³/mol. The Hall–Kier alpha value is -1.10. The van der Waals surface area contributed by atoms with Crippen LogP contribution in [0.1, 0.15) is 38.5 Å². The van der Waals surface area contributed by atoms with Crippen molar-refractivity contribution in [1.29, 1.82) is 0 Å². The number of hydrogen-bond donors (Lipinski definition) is 2. The number of carbonyl (C=O) groups excluding carboxylic acids is 2. The fourth-order valence-electron chi connectivity index (χ4n) is 2.65. The van der Waals surface area contributed by atoms with Crippen LogP contribution in [0.4, 0.5) is 0 Å². The van der Waals surface area contributed by atoms with E-state index in [0.29, 0.717) is 19.4 Å². The van der Waals surface area contributed by atoms with Crippen LogP contribution in [0.25, 0.3) is 0 Å². The zero-order valence-electron chi connectivity index (χ0n) is 10.9. The first kappa shape index (κ1) is 13.3. The van der Waals surface area contributed by atoms with Gasteiger partial charge < -0.3 is 15.5 Å². The number of amides is 2. The summed E-state index contributed by atoms with van der Waals surface area (Å²) in [6.45, 7) is 3.78. The molecule has 2 N–H and O–H groups in total. The quantitative estimate of drug-likeness (QED) is 0.755. The first-order valence-electron chi connectivity index (χ1n) is 7.02. The number of piperidine rings is 2. The third-order valence-electron chi connectivity index (χ3n) is 3.72. The van der Waals surface area contributed by atoms with E-state index in [0.717, 1.165) is 26.1 Å². The largest absolute Gasteiger partial charge is 0.356 e. The summed E-state index contributed by atoms with van der Waals surface area (Å²) in [6.07, 6.45) is 5.66. The molecule has 2 fully saturated rings. The van der Waals surface area contributed by atoms with Crippen molar-refractivity contribution in [3.05, 3.63) is 0 Å². The summed E-state index contributed by atoms with van der Waals surface area (Å²) in [7, 11) is 0. The second-order valence-corrected chi connectivity index (χ2v) is 5.26. The number of likely N-dealkylation sites (tertiary alicyclic amines) is 1. The summed E-state index contributed by atoms with van der Waals surface area (Å²) in [4.78, 5) is 25.3. The van der Waals surface area contributed by atoms with Gasteiger partial charge in [0.2, 0.25) is 11.8 Å². The van der Waals surface area contributed by atoms with E-state index >= 15 is 0 Å². The van der Waals surface area contributed by atoms with Gasteiger partial charge in [-0.25, -0.2) is 0 Å². The average molecular weight is 253 g/mol. The maximum atomic E-state index is 11.8. The SMILES string of the molecule is O=C1CC(NC(=O)CCN2CCCCC2)CCN1. The highest BCUT2D eigenvalue weighted by molar-refractivity contribution is 5.80. The molecule has 0 aromatic carbocycles. The van der Waals surface area contributed by atoms with Crippen molar-refractivity contribution in [2.75, 3.05) is 26.2 Å². The Balaban J connectivity index is 1.63. The summed E-state index contributed by atoms with van der Waals surface area (Å²) in [5.74, 6) is 0.128. The van der Waals surface area contributed by atoms with Crippen LogP contribution in [-0.4, -0.2) is 48.9 Å². The van der Waals surface area contributed by atoms with Crippen molar-refractivity contribution < 1.29 is 9.59 Å². The van der Waals surface area contributed by atoms with Crippen molar-refractivity contribution in [3.63, 3.8) is 0 Å². The third kappa shape index (κ3) is 4.29. The molecule has 5 heteroatoms. The minimum atomic E-state index is 0.0348. The van der Waals surface area contributed by atoms with Crippen molar-refractivity contribution in [2.24, 2.45) is 0 Å². The Morgan fingerprint density at radius 1 is 1.33 bits per heavy atom. The van der Waals surface area contributed by atoms with Gasteiger partial charge in [-0.15, -0.1) is 0 Å². The lowest BCUT2D eigenvalue weighted by Gasteiger charge is -2.27. The lowest BCUT2D eigenvalue weighted by molar-refractivity contribution is -0.125. The molecular weight excluding hydrogens is 230 g/mol. The molecule has 2 aliphatic heterocycles. The summed E-state index contributed by atoms with van der Waals surface area (Å²) in [5.41, 5.74) is 0. The van der Waals surface area contributed by atoms with Crippen LogP contribution in [0.15, 0.2) is 0 Å². The summed E-state index contributed by atoms with van der Waals surface area (Å²) in [5, 5.41) is 5.73. The van der Waals surface area contributed by atoms with Crippen molar-refractivity contribution >= 4 is 11.8 Å². The molecule has 2 aliphatic rings. The van der Waals surface area contributed by atoms with Crippen LogP contribution in [-0.2, 0) is 9.59 Å². The van der Waals surface area contributed by atoms with Crippen LogP contribution in [0.3, 0.4) is 0 Å². The van der Waals surface area contributed by atoms with Crippen LogP contribution in [0, 0.1) is 0 Å². The molecule has 5 nitrogen and oxygen atoms in total. The average Bonchev–Trinajstić information content (AvgIpc) is 2.38. The van der Waals surface area contributed by atoms with Crippen LogP contribution < -0.4 is 10.6 Å². The maximum absolute atomic E-state index is 11.8. The standard InChI is InChI=1S/C13H23N3O2/c17-12(5-9-16-7-2-1-3-8-16)15-11-4-6-14-13(18)10-11/h11H,1-10H2,(H,14,18)(H,15,17). The summed E-state index contributed by atoms with van der Waals surface area (Å²) >= 11 is 0. The molecule has 2 saturated heterocycles. The second kappa shape index (κ2) is 6.73. The minimum Gasteiger partial charge on any atom is -0.356 e. The van der Waals surface area contributed by atoms with Gasteiger partial charge in [0.25, 0.3) is 0 Å². The number of hydrogen-bond acceptors (Lipinski definition) is 3. The highest BCUT2D eigenvalue weighted by Crippen LogP contribution is 2.09. The Kier molecular flexibility index (Phi) is 4.99. The smallest absolute Gasteiger partial charge is 0.222 e. The van der Waals surface area contributed by atoms with Gasteiger partial charge in [-0.2, -0.15) is 0 Å². The molecule has 0 aliphatic carbocycles. The first-order valence-corrected chi connectivity index (χ1v) is 7.02. The van der Waals surface area contributed by atoms with E-state index in [1.807, 2.05) is 0 Å². The molecule has 2 amide bonds. The molecule has 0 aromatic rings. The normalized spacial score (nSPS) is 25.6. The molecule has 0 spiro atoms. The highest BCUT2D eigenvalue weighted by atomic mass is 16.2. The second-order valence-electron chi connectivity index (χ2n) is 5.26. The van der Waals surface area contributed by atoms with Gasteiger partial charge >= 0.3 is 0 Å². The molecule has 0 radical (unpaired) electrons. The maximum Gasteiger partial charge on any atom is 0.222 e. The molecule has 1 unspecified atom stereocenters. The topological polar surface area (TPSA) is 61.4 Å². The van der Waals surface area contributed by atoms with Crippen molar-refractivity contribution in [3.8, 4) is 0 Å². The van der Waals surface area contributed by atoms with Gasteiger partial charge in [0, 0.05) is 32.0 Å². The van der Waals surface area contributed by atoms with Crippen molar-refractivity contribution in [2.45, 2.75) is 44.6 Å². The van der Waals surface area contributed by atoms with Gasteiger partial charge in [0.15, 0.2) is 0 Å². The summed E-state index contributed by atoms with van der Waals surface area (Å²) in [6, 6.07) is 0.0348. The van der Waals surface area contributed by atoms with E-state index in [2.05, 4.69) is 15.5 Å². The van der Waals surface area contributed by atoms with Crippen molar-refractivity contribution in [1.82, 2.24) is 15.5 Å². The van der Waals surface area contributed by atoms with E-state index in [4.69, 9.17) is 0 Å². The number of carbonyl (C=O) groups is 2. The molecule has 1 atom stereocenters. The molecule has 18 heavy (non-hydrogen) atoms. The molecule has 0 bridgehead atoms. The molecule has 2 heterocycles. The van der Waals surface area contributed by atoms with E-state index in [-0.39, 0.29) is 17.9 Å². The first-order chi connectivity index (χ1) is 8.74. The Labute approximate surface area is 108 Å². The van der Waals surface area contributed by atoms with Gasteiger partial charge in [-0.1, -0.05) is 6.42 Å². The summed E-state index contributed by atoms with van der Waals surface area (Å²) < 4.78 is 0. The molecule has 0 saturated carbocycles. The number of rotatable bonds is 4. The van der Waals surface area contributed by atoms with E-state index in [1.165, 1.54) is 19.3 Å². The van der Waals surface area contributed by atoms with Crippen LogP contribution in [0.2, 0.25) is 0 Å². The third-order valence-corrected chi connectivity index (χ3v) is 3.72. The van der Waals surface area contributed by atoms with Crippen LogP contribution >= 0.6 is 0 Å². The zero-order valence-corrected chi connectivity index (χ0v) is 10.9. The molecular formula is C13H23N3O2. The number of nitrogens with one attached hydrogen (secondary N) is 2. The van der Waals surface area contributed by atoms with Gasteiger partial charge in [0.05, 0.1) is 0 Å². The lowest BCUT2D eigenvalue weighted by atomic mass is 10.1. The zero-order chi connectivity index (χ0) is 12.8. The van der Waals surface area contributed by atoms with Gasteiger partial charge in [-0.05, 0) is 32.4 Å². The van der Waals surface area contributed by atoms with E-state index < -0.39 is 0 Å². The minimum absolute atomic E-state index is 0.0348. The lowest BCUT2D eigenvalue weighted by Crippen LogP contribution is -2.46. The molecule has 2 rings (SSSR count). The number of nitrogens with zero attached hydrogens (tertiary/aromatic N) is 1. The van der Waals surface area contributed by atoms with Gasteiger partial charge in [-0.3, -0.25) is 9.59 Å². The Bertz CT molecular complexity index is 301. The molecule has 0 aromatic heterocycles. The van der Waals surface area contributed by atoms with Crippen LogP contribution in [0.5, 0.6) is 0 Å². The Morgan fingerprint density at radius 3 is 2.83 bits per heavy atom. The van der Waals surface area contributed by atoms with Gasteiger partial charge in [0.1, 0.15) is 0 Å². The Morgan fingerprint density at radius 2 is 2.11 bits per heavy atom. The predicted octanol–water partition coefficient (Wildman–Crippen LogP) is 0.257. The fourth-order valence-corrected chi connectivity index (χ4v) is 2.65. The fraction of sp³-hybridized carbons (Fsp3) is 0.846. The van der Waals surface area contributed by atoms with E-state index in [1.54, 1.807) is 0 Å². The van der Waals surface area contributed by atoms with E-state index in [9.17, 15) is 9.59 Å². The highest BCUT2D eigenvalue weighted by Gasteiger charge is 2.20.